The molecule has 6 aliphatic rings. The molecule has 0 saturated carbocycles. The van der Waals surface area contributed by atoms with E-state index in [1.54, 1.807) is 14.2 Å². The van der Waals surface area contributed by atoms with Crippen LogP contribution in [0.5, 0.6) is 23.0 Å². The molecule has 2 heterocycles. The van der Waals surface area contributed by atoms with E-state index in [-0.39, 0.29) is 47.3 Å². The van der Waals surface area contributed by atoms with Crippen molar-refractivity contribution in [2.24, 2.45) is 23.3 Å². The van der Waals surface area contributed by atoms with Gasteiger partial charge in [0.1, 0.15) is 0 Å². The summed E-state index contributed by atoms with van der Waals surface area (Å²) in [7, 11) is 3.32. The van der Waals surface area contributed by atoms with Crippen molar-refractivity contribution in [3.63, 3.8) is 0 Å². The van der Waals surface area contributed by atoms with E-state index >= 15 is 0 Å². The van der Waals surface area contributed by atoms with Crippen LogP contribution in [0.25, 0.3) is 0 Å². The number of nitrogens with two attached hydrogens (primary N) is 2. The van der Waals surface area contributed by atoms with Gasteiger partial charge in [-0.05, 0) is 74.6 Å². The van der Waals surface area contributed by atoms with Gasteiger partial charge >= 0.3 is 0 Å². The van der Waals surface area contributed by atoms with Crippen LogP contribution in [0.3, 0.4) is 0 Å². The molecule has 6 N–H and O–H groups in total. The van der Waals surface area contributed by atoms with E-state index in [2.05, 4.69) is 24.3 Å². The first-order chi connectivity index (χ1) is 23.2. The molecule has 4 aliphatic carbocycles. The first-order valence-corrected chi connectivity index (χ1v) is 17.4. The summed E-state index contributed by atoms with van der Waals surface area (Å²) in [6.45, 7) is 5.10. The van der Waals surface area contributed by atoms with Crippen molar-refractivity contribution in [2.75, 3.05) is 27.4 Å². The molecule has 2 aromatic rings. The normalized spacial score (nSPS) is 36.5. The largest absolute Gasteiger partial charge is 0.493 e. The maximum atomic E-state index is 10.2. The molecule has 48 heavy (non-hydrogen) atoms. The van der Waals surface area contributed by atoms with Gasteiger partial charge in [0.15, 0.2) is 23.0 Å². The van der Waals surface area contributed by atoms with Crippen molar-refractivity contribution in [3.05, 3.63) is 70.8 Å². The number of allylic oxidation sites excluding steroid dienone is 2. The van der Waals surface area contributed by atoms with Gasteiger partial charge in [0, 0.05) is 60.1 Å². The molecule has 0 fully saturated rings. The molecule has 10 atom stereocenters. The number of hydrogen-bond donors (Lipinski definition) is 4. The summed E-state index contributed by atoms with van der Waals surface area (Å²) in [4.78, 5) is 0. The molecule has 2 aromatic carbocycles. The molecule has 10 heteroatoms. The van der Waals surface area contributed by atoms with Crippen molar-refractivity contribution >= 4 is 0 Å². The Morgan fingerprint density at radius 3 is 1.50 bits per heavy atom. The molecule has 0 bridgehead atoms. The summed E-state index contributed by atoms with van der Waals surface area (Å²) in [5.74, 6) is 3.35. The smallest absolute Gasteiger partial charge is 0.201 e. The van der Waals surface area contributed by atoms with E-state index in [0.717, 1.165) is 48.7 Å². The summed E-state index contributed by atoms with van der Waals surface area (Å²) in [5, 5.41) is 20.3. The Kier molecular flexibility index (Phi) is 9.02. The third-order valence-electron chi connectivity index (χ3n) is 11.5. The zero-order chi connectivity index (χ0) is 33.8. The van der Waals surface area contributed by atoms with Crippen LogP contribution < -0.4 is 30.4 Å². The van der Waals surface area contributed by atoms with Crippen LogP contribution in [0, 0.1) is 11.8 Å². The SMILES string of the molecule is CCO[C@@H]1C[C@]23C=CC(O)C[C@H]2[C@H](N)Cc2ccc(OC)c(c23)O1.CCO[C@H]1C[C@]23C=CC(O)C[C@H]2[C@H](N)Cc2ccc(OC)c(c23)O1. The lowest BCUT2D eigenvalue weighted by Crippen LogP contribution is -2.56. The van der Waals surface area contributed by atoms with Gasteiger partial charge in [-0.2, -0.15) is 0 Å². The van der Waals surface area contributed by atoms with Crippen LogP contribution >= 0.6 is 0 Å². The maximum absolute atomic E-state index is 10.2. The highest BCUT2D eigenvalue weighted by Gasteiger charge is 2.55. The average Bonchev–Trinajstić information content (AvgIpc) is 3.07. The topological polar surface area (TPSA) is 148 Å². The number of benzene rings is 2. The third-order valence-corrected chi connectivity index (χ3v) is 11.5. The Balaban J connectivity index is 0.000000152. The number of hydrogen-bond acceptors (Lipinski definition) is 10. The lowest BCUT2D eigenvalue weighted by atomic mass is 9.55. The highest BCUT2D eigenvalue weighted by atomic mass is 16.7. The van der Waals surface area contributed by atoms with Crippen molar-refractivity contribution in [1.29, 1.82) is 0 Å². The molecular formula is C38H50N2O8. The van der Waals surface area contributed by atoms with E-state index < -0.39 is 12.2 Å². The van der Waals surface area contributed by atoms with E-state index in [4.69, 9.17) is 39.9 Å². The number of rotatable bonds is 6. The van der Waals surface area contributed by atoms with E-state index in [1.807, 2.05) is 38.1 Å². The molecule has 8 rings (SSSR count). The van der Waals surface area contributed by atoms with E-state index in [9.17, 15) is 10.2 Å². The van der Waals surface area contributed by atoms with Gasteiger partial charge in [0.25, 0.3) is 0 Å². The molecule has 2 aliphatic heterocycles. The molecule has 0 radical (unpaired) electrons. The third kappa shape index (κ3) is 5.32. The van der Waals surface area contributed by atoms with Gasteiger partial charge in [-0.25, -0.2) is 0 Å². The molecule has 10 nitrogen and oxygen atoms in total. The van der Waals surface area contributed by atoms with E-state index in [0.29, 0.717) is 26.1 Å². The fourth-order valence-corrected chi connectivity index (χ4v) is 9.58. The number of aliphatic hydroxyl groups is 2. The summed E-state index contributed by atoms with van der Waals surface area (Å²) < 4.78 is 35.1. The number of methoxy groups -OCH3 is 2. The van der Waals surface area contributed by atoms with Crippen molar-refractivity contribution in [2.45, 2.75) is 100 Å². The highest BCUT2D eigenvalue weighted by Crippen LogP contribution is 2.59. The Morgan fingerprint density at radius 1 is 0.708 bits per heavy atom. The fourth-order valence-electron chi connectivity index (χ4n) is 9.58. The van der Waals surface area contributed by atoms with Crippen LogP contribution in [0.15, 0.2) is 48.6 Å². The van der Waals surface area contributed by atoms with Gasteiger partial charge in [-0.1, -0.05) is 36.4 Å². The maximum Gasteiger partial charge on any atom is 0.201 e. The molecular weight excluding hydrogens is 612 g/mol. The minimum Gasteiger partial charge on any atom is -0.493 e. The van der Waals surface area contributed by atoms with Crippen LogP contribution in [0.1, 0.15) is 61.8 Å². The molecule has 2 spiro atoms. The molecule has 0 saturated heterocycles. The Labute approximate surface area is 283 Å². The van der Waals surface area contributed by atoms with Crippen LogP contribution in [0.4, 0.5) is 0 Å². The number of ether oxygens (including phenoxy) is 6. The number of aliphatic hydroxyl groups excluding tert-OH is 2. The Hall–Kier alpha value is -3.12. The lowest BCUT2D eigenvalue weighted by Gasteiger charge is -2.53. The van der Waals surface area contributed by atoms with E-state index in [1.165, 1.54) is 22.3 Å². The minimum absolute atomic E-state index is 0.0127. The summed E-state index contributed by atoms with van der Waals surface area (Å²) in [6, 6.07) is 8.12. The predicted octanol–water partition coefficient (Wildman–Crippen LogP) is 3.80. The van der Waals surface area contributed by atoms with Crippen molar-refractivity contribution in [3.8, 4) is 23.0 Å². The highest BCUT2D eigenvalue weighted by molar-refractivity contribution is 5.61. The summed E-state index contributed by atoms with van der Waals surface area (Å²) in [6.07, 6.45) is 10.9. The summed E-state index contributed by atoms with van der Waals surface area (Å²) in [5.41, 5.74) is 17.3. The molecule has 0 amide bonds. The molecule has 0 aromatic heterocycles. The van der Waals surface area contributed by atoms with Crippen LogP contribution in [-0.2, 0) is 33.1 Å². The van der Waals surface area contributed by atoms with Crippen LogP contribution in [0.2, 0.25) is 0 Å². The Morgan fingerprint density at radius 2 is 1.12 bits per heavy atom. The Bertz CT molecular complexity index is 1460. The van der Waals surface area contributed by atoms with Crippen LogP contribution in [-0.4, -0.2) is 74.5 Å². The second kappa shape index (κ2) is 13.0. The molecule has 260 valence electrons. The molecule has 2 unspecified atom stereocenters. The van der Waals surface area contributed by atoms with Crippen molar-refractivity contribution < 1.29 is 38.6 Å². The first kappa shape index (κ1) is 33.4. The quantitative estimate of drug-likeness (QED) is 0.337. The predicted molar refractivity (Wildman–Crippen MR) is 181 cm³/mol. The van der Waals surface area contributed by atoms with Gasteiger partial charge in [0.05, 0.1) is 26.4 Å². The zero-order valence-corrected chi connectivity index (χ0v) is 28.4. The minimum atomic E-state index is -0.435. The average molecular weight is 663 g/mol. The fraction of sp³-hybridized carbons (Fsp3) is 0.579. The first-order valence-electron chi connectivity index (χ1n) is 17.4. The van der Waals surface area contributed by atoms with Gasteiger partial charge in [-0.15, -0.1) is 0 Å². The van der Waals surface area contributed by atoms with Gasteiger partial charge in [0.2, 0.25) is 12.6 Å². The standard InChI is InChI=1S/2C19H25NO4/c2*1-3-23-16-10-19-7-6-12(21)9-13(19)14(20)8-11-4-5-15(22-2)18(24-16)17(11)19/h2*4-7,12-14,16,21H,3,8-10,20H2,1-2H3/t12?,13-,14+,16+,19+;12?,13-,14+,16-,19+/m00/s1. The monoisotopic (exact) mass is 662 g/mol. The van der Waals surface area contributed by atoms with Gasteiger partial charge < -0.3 is 50.1 Å². The van der Waals surface area contributed by atoms with Gasteiger partial charge in [-0.3, -0.25) is 0 Å². The second-order valence-corrected chi connectivity index (χ2v) is 14.0. The van der Waals surface area contributed by atoms with Crippen molar-refractivity contribution in [1.82, 2.24) is 0 Å². The second-order valence-electron chi connectivity index (χ2n) is 14.0. The zero-order valence-electron chi connectivity index (χ0n) is 28.4. The summed E-state index contributed by atoms with van der Waals surface area (Å²) >= 11 is 0. The lowest BCUT2D eigenvalue weighted by molar-refractivity contribution is -0.110.